The lowest BCUT2D eigenvalue weighted by Crippen LogP contribution is -2.43. The van der Waals surface area contributed by atoms with Crippen LogP contribution in [0.3, 0.4) is 0 Å². The number of hydrogen-bond donors (Lipinski definition) is 2. The first-order valence-corrected chi connectivity index (χ1v) is 12.4. The number of benzene rings is 2. The molecule has 4 rings (SSSR count). The highest BCUT2D eigenvalue weighted by atomic mass is 19.1. The van der Waals surface area contributed by atoms with E-state index in [1.807, 2.05) is 25.1 Å². The summed E-state index contributed by atoms with van der Waals surface area (Å²) < 4.78 is 47.7. The quantitative estimate of drug-likeness (QED) is 0.367. The van der Waals surface area contributed by atoms with Gasteiger partial charge in [0.15, 0.2) is 0 Å². The molecule has 1 saturated heterocycles. The van der Waals surface area contributed by atoms with Gasteiger partial charge < -0.3 is 20.1 Å². The first kappa shape index (κ1) is 26.2. The van der Waals surface area contributed by atoms with Crippen molar-refractivity contribution >= 4 is 16.6 Å². The molecular weight excluding hydrogens is 467 g/mol. The third kappa shape index (κ3) is 6.10. The van der Waals surface area contributed by atoms with Crippen LogP contribution in [0, 0.1) is 24.0 Å². The smallest absolute Gasteiger partial charge is 0.128 e. The third-order valence-electron chi connectivity index (χ3n) is 7.43. The number of ether oxygens (including phenoxy) is 1. The van der Waals surface area contributed by atoms with E-state index in [-0.39, 0.29) is 12.0 Å². The second-order valence-electron chi connectivity index (χ2n) is 9.83. The van der Waals surface area contributed by atoms with E-state index in [1.165, 1.54) is 12.1 Å². The Morgan fingerprint density at radius 3 is 2.53 bits per heavy atom. The zero-order valence-corrected chi connectivity index (χ0v) is 20.9. The molecule has 1 atom stereocenters. The number of pyridine rings is 1. The van der Waals surface area contributed by atoms with Gasteiger partial charge in [0.05, 0.1) is 12.6 Å². The van der Waals surface area contributed by atoms with Crippen LogP contribution in [0.5, 0.6) is 5.75 Å². The normalized spacial score (nSPS) is 16.7. The van der Waals surface area contributed by atoms with Gasteiger partial charge in [0.1, 0.15) is 23.6 Å². The number of aliphatic hydroxyl groups excluding tert-OH is 1. The molecule has 0 saturated carbocycles. The van der Waals surface area contributed by atoms with Gasteiger partial charge in [-0.2, -0.15) is 0 Å². The molecule has 1 fully saturated rings. The number of nitrogens with zero attached hydrogens (tertiary/aromatic N) is 2. The van der Waals surface area contributed by atoms with Crippen LogP contribution in [0.1, 0.15) is 43.0 Å². The van der Waals surface area contributed by atoms with Gasteiger partial charge in [0.2, 0.25) is 0 Å². The summed E-state index contributed by atoms with van der Waals surface area (Å²) in [6, 6.07) is 8.89. The molecule has 0 aliphatic carbocycles. The van der Waals surface area contributed by atoms with Crippen molar-refractivity contribution in [3.63, 3.8) is 0 Å². The van der Waals surface area contributed by atoms with Crippen LogP contribution in [0.15, 0.2) is 42.6 Å². The van der Waals surface area contributed by atoms with E-state index in [1.54, 1.807) is 13.3 Å². The maximum absolute atomic E-state index is 15.7. The van der Waals surface area contributed by atoms with Crippen molar-refractivity contribution in [2.24, 2.45) is 5.41 Å². The number of anilines is 1. The Kier molecular flexibility index (Phi) is 8.36. The fraction of sp³-hybridized carbons (Fsp3) is 0.464. The Morgan fingerprint density at radius 1 is 1.14 bits per heavy atom. The number of rotatable bonds is 10. The lowest BCUT2D eigenvalue weighted by molar-refractivity contribution is 0.0315. The lowest BCUT2D eigenvalue weighted by atomic mass is 9.74. The molecule has 2 N–H and O–H groups in total. The number of alkyl halides is 1. The van der Waals surface area contributed by atoms with Crippen molar-refractivity contribution in [1.29, 1.82) is 0 Å². The number of nitrogens with one attached hydrogen (secondary N) is 1. The van der Waals surface area contributed by atoms with Crippen molar-refractivity contribution in [1.82, 2.24) is 9.88 Å². The molecular formula is C28H34F3N3O2. The predicted molar refractivity (Wildman–Crippen MR) is 136 cm³/mol. The van der Waals surface area contributed by atoms with E-state index >= 15 is 4.39 Å². The minimum absolute atomic E-state index is 0.0261. The SMILES string of the molecule is COc1ccc2ncc(C)c([C@@H](F)CCC3(CO)CCN(CCNc4cc(F)cc(F)c4)CC3)c2c1. The summed E-state index contributed by atoms with van der Waals surface area (Å²) in [5, 5.41) is 14.1. The van der Waals surface area contributed by atoms with Gasteiger partial charge in [-0.25, -0.2) is 13.2 Å². The van der Waals surface area contributed by atoms with E-state index in [0.717, 1.165) is 55.0 Å². The van der Waals surface area contributed by atoms with Gasteiger partial charge >= 0.3 is 0 Å². The molecule has 0 spiro atoms. The summed E-state index contributed by atoms with van der Waals surface area (Å²) in [7, 11) is 1.59. The van der Waals surface area contributed by atoms with Gasteiger partial charge in [-0.3, -0.25) is 4.98 Å². The third-order valence-corrected chi connectivity index (χ3v) is 7.43. The molecule has 2 aromatic carbocycles. The zero-order chi connectivity index (χ0) is 25.7. The summed E-state index contributed by atoms with van der Waals surface area (Å²) in [5.41, 5.74) is 2.29. The molecule has 194 valence electrons. The molecule has 0 amide bonds. The minimum atomic E-state index is -1.17. The predicted octanol–water partition coefficient (Wildman–Crippen LogP) is 5.81. The lowest BCUT2D eigenvalue weighted by Gasteiger charge is -2.41. The van der Waals surface area contributed by atoms with Crippen LogP contribution < -0.4 is 10.1 Å². The second kappa shape index (κ2) is 11.5. The summed E-state index contributed by atoms with van der Waals surface area (Å²) in [6.07, 6.45) is 3.00. The molecule has 5 nitrogen and oxygen atoms in total. The number of fused-ring (bicyclic) bond motifs is 1. The number of halogens is 3. The Morgan fingerprint density at radius 2 is 1.86 bits per heavy atom. The van der Waals surface area contributed by atoms with Crippen LogP contribution in [-0.4, -0.2) is 54.9 Å². The van der Waals surface area contributed by atoms with Crippen LogP contribution in [0.2, 0.25) is 0 Å². The van der Waals surface area contributed by atoms with Crippen LogP contribution in [0.4, 0.5) is 18.9 Å². The molecule has 0 radical (unpaired) electrons. The molecule has 1 aliphatic rings. The zero-order valence-electron chi connectivity index (χ0n) is 20.9. The highest BCUT2D eigenvalue weighted by molar-refractivity contribution is 5.84. The topological polar surface area (TPSA) is 57.6 Å². The molecule has 36 heavy (non-hydrogen) atoms. The van der Waals surface area contributed by atoms with E-state index in [9.17, 15) is 13.9 Å². The van der Waals surface area contributed by atoms with Gasteiger partial charge in [0, 0.05) is 43.0 Å². The Hall–Kier alpha value is -2.84. The molecule has 3 aromatic rings. The summed E-state index contributed by atoms with van der Waals surface area (Å²) in [5.74, 6) is -0.550. The van der Waals surface area contributed by atoms with Crippen LogP contribution >= 0.6 is 0 Å². The number of aryl methyl sites for hydroxylation is 1. The van der Waals surface area contributed by atoms with E-state index < -0.39 is 17.8 Å². The first-order valence-electron chi connectivity index (χ1n) is 12.4. The van der Waals surface area contributed by atoms with Crippen molar-refractivity contribution in [2.75, 3.05) is 45.2 Å². The molecule has 2 heterocycles. The summed E-state index contributed by atoms with van der Waals surface area (Å²) >= 11 is 0. The minimum Gasteiger partial charge on any atom is -0.497 e. The fourth-order valence-corrected chi connectivity index (χ4v) is 5.16. The molecule has 0 unspecified atom stereocenters. The highest BCUT2D eigenvalue weighted by Gasteiger charge is 2.35. The monoisotopic (exact) mass is 501 g/mol. The van der Waals surface area contributed by atoms with Crippen molar-refractivity contribution in [3.05, 3.63) is 65.4 Å². The number of likely N-dealkylation sites (tertiary alicyclic amines) is 1. The highest BCUT2D eigenvalue weighted by Crippen LogP contribution is 2.40. The van der Waals surface area contributed by atoms with Gasteiger partial charge in [0.25, 0.3) is 0 Å². The number of hydrogen-bond acceptors (Lipinski definition) is 5. The van der Waals surface area contributed by atoms with Crippen LogP contribution in [-0.2, 0) is 0 Å². The maximum Gasteiger partial charge on any atom is 0.128 e. The molecule has 8 heteroatoms. The Balaban J connectivity index is 1.33. The van der Waals surface area contributed by atoms with Gasteiger partial charge in [-0.05, 0) is 92.6 Å². The van der Waals surface area contributed by atoms with Crippen LogP contribution in [0.25, 0.3) is 10.9 Å². The Bertz CT molecular complexity index is 1160. The van der Waals surface area contributed by atoms with E-state index in [2.05, 4.69) is 15.2 Å². The number of piperidine rings is 1. The van der Waals surface area contributed by atoms with E-state index in [0.29, 0.717) is 36.4 Å². The molecule has 0 bridgehead atoms. The average molecular weight is 502 g/mol. The Labute approximate surface area is 210 Å². The largest absolute Gasteiger partial charge is 0.497 e. The second-order valence-corrected chi connectivity index (χ2v) is 9.83. The maximum atomic E-state index is 15.7. The summed E-state index contributed by atoms with van der Waals surface area (Å²) in [6.45, 7) is 4.74. The van der Waals surface area contributed by atoms with Gasteiger partial charge in [-0.15, -0.1) is 0 Å². The fourth-order valence-electron chi connectivity index (χ4n) is 5.16. The molecule has 1 aromatic heterocycles. The molecule has 1 aliphatic heterocycles. The van der Waals surface area contributed by atoms with Crippen molar-refractivity contribution < 1.29 is 23.0 Å². The summed E-state index contributed by atoms with van der Waals surface area (Å²) in [4.78, 5) is 6.69. The number of aliphatic hydroxyl groups is 1. The average Bonchev–Trinajstić information content (AvgIpc) is 2.87. The first-order chi connectivity index (χ1) is 17.3. The van der Waals surface area contributed by atoms with Crippen molar-refractivity contribution in [2.45, 2.75) is 38.8 Å². The number of aromatic nitrogens is 1. The number of methoxy groups -OCH3 is 1. The van der Waals surface area contributed by atoms with E-state index in [4.69, 9.17) is 4.74 Å². The standard InChI is InChI=1S/C28H34F3N3O2/c1-19-17-33-26-4-3-23(36-2)16-24(26)27(19)25(31)5-6-28(18-35)7-10-34(11-8-28)12-9-32-22-14-20(29)13-21(30)15-22/h3-4,13-17,25,32,35H,5-12,18H2,1-2H3/t25-/m0/s1. The van der Waals surface area contributed by atoms with Gasteiger partial charge in [-0.1, -0.05) is 0 Å². The van der Waals surface area contributed by atoms with Crippen molar-refractivity contribution in [3.8, 4) is 5.75 Å².